The Morgan fingerprint density at radius 1 is 1.36 bits per heavy atom. The van der Waals surface area contributed by atoms with Gasteiger partial charge in [-0.3, -0.25) is 4.79 Å². The van der Waals surface area contributed by atoms with Crippen molar-refractivity contribution in [3.05, 3.63) is 28.2 Å². The highest BCUT2D eigenvalue weighted by molar-refractivity contribution is 9.10. The second kappa shape index (κ2) is 4.13. The zero-order chi connectivity index (χ0) is 10.8. The summed E-state index contributed by atoms with van der Waals surface area (Å²) >= 11 is 3.28. The smallest absolute Gasteiger partial charge is 0.151 e. The fourth-order valence-electron chi connectivity index (χ4n) is 1.03. The third kappa shape index (κ3) is 3.14. The second-order valence-corrected chi connectivity index (χ2v) is 4.87. The lowest BCUT2D eigenvalue weighted by Gasteiger charge is -2.21. The minimum atomic E-state index is -0.242. The van der Waals surface area contributed by atoms with Crippen LogP contribution < -0.4 is 4.74 Å². The molecule has 0 aromatic heterocycles. The van der Waals surface area contributed by atoms with E-state index in [2.05, 4.69) is 15.9 Å². The quantitative estimate of drug-likeness (QED) is 0.758. The van der Waals surface area contributed by atoms with Crippen molar-refractivity contribution in [1.82, 2.24) is 0 Å². The lowest BCUT2D eigenvalue weighted by molar-refractivity contribution is 0.111. The van der Waals surface area contributed by atoms with Gasteiger partial charge < -0.3 is 4.74 Å². The van der Waals surface area contributed by atoms with E-state index in [1.165, 1.54) is 0 Å². The minimum absolute atomic E-state index is 0.242. The number of halogens is 1. The van der Waals surface area contributed by atoms with E-state index in [1.54, 1.807) is 6.07 Å². The molecule has 0 saturated heterocycles. The first kappa shape index (κ1) is 11.2. The fraction of sp³-hybridized carbons (Fsp3) is 0.364. The van der Waals surface area contributed by atoms with Crippen molar-refractivity contribution < 1.29 is 9.53 Å². The Labute approximate surface area is 92.4 Å². The summed E-state index contributed by atoms with van der Waals surface area (Å²) in [6.07, 6.45) is 0.805. The van der Waals surface area contributed by atoms with Gasteiger partial charge >= 0.3 is 0 Å². The van der Waals surface area contributed by atoms with E-state index in [-0.39, 0.29) is 5.60 Å². The van der Waals surface area contributed by atoms with Gasteiger partial charge in [0.05, 0.1) is 0 Å². The van der Waals surface area contributed by atoms with E-state index < -0.39 is 0 Å². The van der Waals surface area contributed by atoms with Gasteiger partial charge in [-0.2, -0.15) is 0 Å². The molecule has 0 aliphatic heterocycles. The summed E-state index contributed by atoms with van der Waals surface area (Å²) in [5.74, 6) is 0.711. The molecule has 3 heteroatoms. The topological polar surface area (TPSA) is 26.3 Å². The molecule has 1 rings (SSSR count). The van der Waals surface area contributed by atoms with Gasteiger partial charge in [0.15, 0.2) is 6.29 Å². The first-order valence-corrected chi connectivity index (χ1v) is 5.15. The molecule has 0 saturated carbocycles. The molecular weight excluding hydrogens is 244 g/mol. The van der Waals surface area contributed by atoms with E-state index in [9.17, 15) is 4.79 Å². The highest BCUT2D eigenvalue weighted by Crippen LogP contribution is 2.24. The summed E-state index contributed by atoms with van der Waals surface area (Å²) in [6, 6.07) is 5.37. The number of rotatable bonds is 2. The van der Waals surface area contributed by atoms with Crippen molar-refractivity contribution >= 4 is 22.2 Å². The summed E-state index contributed by atoms with van der Waals surface area (Å²) in [5.41, 5.74) is 0.361. The summed E-state index contributed by atoms with van der Waals surface area (Å²) in [7, 11) is 0. The number of benzene rings is 1. The largest absolute Gasteiger partial charge is 0.488 e. The minimum Gasteiger partial charge on any atom is -0.488 e. The standard InChI is InChI=1S/C11H13BrO2/c1-11(2,3)14-9-4-5-10(12)8(6-9)7-13/h4-7H,1-3H3. The van der Waals surface area contributed by atoms with E-state index in [0.717, 1.165) is 10.8 Å². The van der Waals surface area contributed by atoms with E-state index >= 15 is 0 Å². The monoisotopic (exact) mass is 256 g/mol. The number of hydrogen-bond acceptors (Lipinski definition) is 2. The molecule has 14 heavy (non-hydrogen) atoms. The van der Waals surface area contributed by atoms with Crippen LogP contribution in [0, 0.1) is 0 Å². The lowest BCUT2D eigenvalue weighted by Crippen LogP contribution is -2.22. The van der Waals surface area contributed by atoms with Crippen LogP contribution in [0.5, 0.6) is 5.75 Å². The fourth-order valence-corrected chi connectivity index (χ4v) is 1.37. The number of carbonyl (C=O) groups is 1. The van der Waals surface area contributed by atoms with Gasteiger partial charge in [-0.15, -0.1) is 0 Å². The predicted octanol–water partition coefficient (Wildman–Crippen LogP) is 3.44. The maximum absolute atomic E-state index is 10.7. The maximum Gasteiger partial charge on any atom is 0.151 e. The van der Waals surface area contributed by atoms with E-state index in [4.69, 9.17) is 4.74 Å². The Kier molecular flexibility index (Phi) is 3.32. The van der Waals surface area contributed by atoms with Crippen molar-refractivity contribution in [2.24, 2.45) is 0 Å². The molecule has 0 spiro atoms. The first-order valence-electron chi connectivity index (χ1n) is 4.36. The third-order valence-corrected chi connectivity index (χ3v) is 2.24. The van der Waals surface area contributed by atoms with Crippen molar-refractivity contribution in [2.75, 3.05) is 0 Å². The van der Waals surface area contributed by atoms with Crippen molar-refractivity contribution in [2.45, 2.75) is 26.4 Å². The zero-order valence-electron chi connectivity index (χ0n) is 8.50. The van der Waals surface area contributed by atoms with Crippen molar-refractivity contribution in [3.8, 4) is 5.75 Å². The van der Waals surface area contributed by atoms with Crippen LogP contribution in [0.3, 0.4) is 0 Å². The van der Waals surface area contributed by atoms with Crippen LogP contribution in [-0.4, -0.2) is 11.9 Å². The van der Waals surface area contributed by atoms with Crippen LogP contribution in [0.4, 0.5) is 0 Å². The molecule has 1 aromatic carbocycles. The van der Waals surface area contributed by atoms with E-state index in [1.807, 2.05) is 32.9 Å². The molecule has 0 amide bonds. The highest BCUT2D eigenvalue weighted by Gasteiger charge is 2.12. The number of hydrogen-bond donors (Lipinski definition) is 0. The molecule has 76 valence electrons. The predicted molar refractivity (Wildman–Crippen MR) is 59.9 cm³/mol. The van der Waals surface area contributed by atoms with Crippen LogP contribution in [0.2, 0.25) is 0 Å². The normalized spacial score (nSPS) is 11.1. The molecule has 0 bridgehead atoms. The summed E-state index contributed by atoms with van der Waals surface area (Å²) in [4.78, 5) is 10.7. The van der Waals surface area contributed by atoms with Crippen LogP contribution in [0.15, 0.2) is 22.7 Å². The molecule has 0 atom stereocenters. The molecule has 0 heterocycles. The highest BCUT2D eigenvalue weighted by atomic mass is 79.9. The van der Waals surface area contributed by atoms with Crippen LogP contribution in [0.25, 0.3) is 0 Å². The Morgan fingerprint density at radius 2 is 2.00 bits per heavy atom. The lowest BCUT2D eigenvalue weighted by atomic mass is 10.2. The molecule has 2 nitrogen and oxygen atoms in total. The molecule has 0 radical (unpaired) electrons. The van der Waals surface area contributed by atoms with Gasteiger partial charge in [-0.1, -0.05) is 15.9 Å². The maximum atomic E-state index is 10.7. The van der Waals surface area contributed by atoms with Crippen molar-refractivity contribution in [1.29, 1.82) is 0 Å². The van der Waals surface area contributed by atoms with Gasteiger partial charge in [0, 0.05) is 10.0 Å². The number of carbonyl (C=O) groups excluding carboxylic acids is 1. The van der Waals surface area contributed by atoms with Crippen LogP contribution in [-0.2, 0) is 0 Å². The number of aldehydes is 1. The van der Waals surface area contributed by atoms with Crippen LogP contribution in [0.1, 0.15) is 31.1 Å². The zero-order valence-corrected chi connectivity index (χ0v) is 10.1. The summed E-state index contributed by atoms with van der Waals surface area (Å²) < 4.78 is 6.41. The third-order valence-electron chi connectivity index (χ3n) is 1.52. The van der Waals surface area contributed by atoms with Crippen molar-refractivity contribution in [3.63, 3.8) is 0 Å². The first-order chi connectivity index (χ1) is 6.42. The average molecular weight is 257 g/mol. The Morgan fingerprint density at radius 3 is 2.50 bits per heavy atom. The molecule has 0 aliphatic carbocycles. The number of ether oxygens (including phenoxy) is 1. The molecule has 0 unspecified atom stereocenters. The Balaban J connectivity index is 2.95. The average Bonchev–Trinajstić information content (AvgIpc) is 2.06. The second-order valence-electron chi connectivity index (χ2n) is 4.02. The van der Waals surface area contributed by atoms with Gasteiger partial charge in [-0.05, 0) is 39.0 Å². The molecule has 0 fully saturated rings. The Bertz CT molecular complexity index is 340. The Hall–Kier alpha value is -0.830. The van der Waals surface area contributed by atoms with Gasteiger partial charge in [0.2, 0.25) is 0 Å². The van der Waals surface area contributed by atoms with Gasteiger partial charge in [0.25, 0.3) is 0 Å². The molecule has 0 aliphatic rings. The van der Waals surface area contributed by atoms with Crippen LogP contribution >= 0.6 is 15.9 Å². The SMILES string of the molecule is CC(C)(C)Oc1ccc(Br)c(C=O)c1. The van der Waals surface area contributed by atoms with E-state index in [0.29, 0.717) is 11.3 Å². The summed E-state index contributed by atoms with van der Waals surface area (Å²) in [6.45, 7) is 5.90. The van der Waals surface area contributed by atoms with Gasteiger partial charge in [-0.25, -0.2) is 0 Å². The van der Waals surface area contributed by atoms with Gasteiger partial charge in [0.1, 0.15) is 11.4 Å². The molecule has 0 N–H and O–H groups in total. The summed E-state index contributed by atoms with van der Waals surface area (Å²) in [5, 5.41) is 0. The molecule has 1 aromatic rings. The molecular formula is C11H13BrO2.